The molecular formula is C22H33N3O5. The average molecular weight is 420 g/mol. The van der Waals surface area contributed by atoms with Gasteiger partial charge in [-0.15, -0.1) is 0 Å². The van der Waals surface area contributed by atoms with Crippen molar-refractivity contribution < 1.29 is 24.2 Å². The van der Waals surface area contributed by atoms with E-state index in [0.717, 1.165) is 31.2 Å². The summed E-state index contributed by atoms with van der Waals surface area (Å²) < 4.78 is 4.88. The Kier molecular flexibility index (Phi) is 9.76. The van der Waals surface area contributed by atoms with Crippen molar-refractivity contribution in [1.29, 1.82) is 0 Å². The van der Waals surface area contributed by atoms with Crippen molar-refractivity contribution in [2.24, 2.45) is 17.6 Å². The van der Waals surface area contributed by atoms with Gasteiger partial charge in [-0.05, 0) is 50.6 Å². The zero-order valence-corrected chi connectivity index (χ0v) is 17.5. The molecule has 2 rings (SSSR count). The van der Waals surface area contributed by atoms with Crippen LogP contribution in [0.15, 0.2) is 30.3 Å². The molecule has 2 atom stereocenters. The highest BCUT2D eigenvalue weighted by Gasteiger charge is 2.31. The van der Waals surface area contributed by atoms with Gasteiger partial charge in [0.1, 0.15) is 6.04 Å². The molecule has 0 heterocycles. The summed E-state index contributed by atoms with van der Waals surface area (Å²) in [5.41, 5.74) is 6.60. The molecule has 166 valence electrons. The van der Waals surface area contributed by atoms with E-state index in [1.165, 1.54) is 0 Å². The quantitative estimate of drug-likeness (QED) is 0.409. The molecule has 0 saturated heterocycles. The molecule has 8 nitrogen and oxygen atoms in total. The highest BCUT2D eigenvalue weighted by molar-refractivity contribution is 5.91. The van der Waals surface area contributed by atoms with Crippen LogP contribution in [0.3, 0.4) is 0 Å². The van der Waals surface area contributed by atoms with Crippen LogP contribution < -0.4 is 16.4 Å². The Morgan fingerprint density at radius 2 is 1.77 bits per heavy atom. The molecule has 5 N–H and O–H groups in total. The summed E-state index contributed by atoms with van der Waals surface area (Å²) in [6, 6.07) is 7.28. The largest absolute Gasteiger partial charge is 0.464 e. The van der Waals surface area contributed by atoms with Crippen LogP contribution in [0, 0.1) is 11.8 Å². The van der Waals surface area contributed by atoms with E-state index in [4.69, 9.17) is 10.5 Å². The van der Waals surface area contributed by atoms with E-state index in [2.05, 4.69) is 10.6 Å². The summed E-state index contributed by atoms with van der Waals surface area (Å²) in [5, 5.41) is 14.8. The summed E-state index contributed by atoms with van der Waals surface area (Å²) in [4.78, 5) is 37.6. The molecule has 0 spiro atoms. The predicted octanol–water partition coefficient (Wildman–Crippen LogP) is 0.519. The van der Waals surface area contributed by atoms with Crippen molar-refractivity contribution in [1.82, 2.24) is 10.6 Å². The first-order valence-corrected chi connectivity index (χ1v) is 10.6. The summed E-state index contributed by atoms with van der Waals surface area (Å²) in [5.74, 6) is -1.11. The summed E-state index contributed by atoms with van der Waals surface area (Å²) in [7, 11) is 0. The molecule has 0 radical (unpaired) electrons. The van der Waals surface area contributed by atoms with Crippen LogP contribution >= 0.6 is 0 Å². The number of nitrogens with two attached hydrogens (primary N) is 1. The number of nitrogens with one attached hydrogen (secondary N) is 2. The van der Waals surface area contributed by atoms with E-state index in [1.54, 1.807) is 6.92 Å². The van der Waals surface area contributed by atoms with Gasteiger partial charge in [-0.1, -0.05) is 30.3 Å². The lowest BCUT2D eigenvalue weighted by Gasteiger charge is -2.29. The van der Waals surface area contributed by atoms with Gasteiger partial charge in [-0.2, -0.15) is 0 Å². The number of ether oxygens (including phenoxy) is 1. The van der Waals surface area contributed by atoms with E-state index in [0.29, 0.717) is 12.5 Å². The van der Waals surface area contributed by atoms with Crippen LogP contribution in [0.25, 0.3) is 0 Å². The van der Waals surface area contributed by atoms with Crippen molar-refractivity contribution >= 4 is 17.8 Å². The number of amides is 2. The van der Waals surface area contributed by atoms with E-state index < -0.39 is 30.6 Å². The van der Waals surface area contributed by atoms with Crippen molar-refractivity contribution in [2.45, 2.75) is 51.1 Å². The van der Waals surface area contributed by atoms with Crippen molar-refractivity contribution in [2.75, 3.05) is 19.8 Å². The lowest BCUT2D eigenvalue weighted by atomic mass is 9.81. The standard InChI is InChI=1S/C22H33N3O5/c1-2-30-22(29)19(14-26)25-21(28)18(12-15-6-4-3-5-7-15)24-20(27)17-10-8-16(13-23)9-11-17/h3-7,16-19,26H,2,8-14,23H2,1H3,(H,24,27)(H,25,28)/t16?,17?,18-,19-/m0/s1. The van der Waals surface area contributed by atoms with Gasteiger partial charge in [-0.3, -0.25) is 9.59 Å². The fourth-order valence-electron chi connectivity index (χ4n) is 3.70. The maximum absolute atomic E-state index is 12.9. The van der Waals surface area contributed by atoms with Gasteiger partial charge >= 0.3 is 5.97 Å². The number of carbonyl (C=O) groups excluding carboxylic acids is 3. The Bertz CT molecular complexity index is 689. The molecule has 8 heteroatoms. The maximum Gasteiger partial charge on any atom is 0.331 e. The first-order valence-electron chi connectivity index (χ1n) is 10.6. The van der Waals surface area contributed by atoms with Gasteiger partial charge in [0.2, 0.25) is 11.8 Å². The van der Waals surface area contributed by atoms with Gasteiger partial charge < -0.3 is 26.2 Å². The predicted molar refractivity (Wildman–Crippen MR) is 112 cm³/mol. The molecule has 1 aromatic carbocycles. The third-order valence-corrected chi connectivity index (χ3v) is 5.54. The SMILES string of the molecule is CCOC(=O)[C@H](CO)NC(=O)[C@H](Cc1ccccc1)NC(=O)C1CCC(CN)CC1. The lowest BCUT2D eigenvalue weighted by molar-refractivity contribution is -0.148. The molecule has 1 aromatic rings. The van der Waals surface area contributed by atoms with Gasteiger partial charge in [0, 0.05) is 12.3 Å². The van der Waals surface area contributed by atoms with Crippen LogP contribution in [0.1, 0.15) is 38.2 Å². The number of esters is 1. The fraction of sp³-hybridized carbons (Fsp3) is 0.591. The monoisotopic (exact) mass is 419 g/mol. The number of rotatable bonds is 10. The van der Waals surface area contributed by atoms with Crippen molar-refractivity contribution in [3.63, 3.8) is 0 Å². The Balaban J connectivity index is 2.06. The number of aliphatic hydroxyl groups excluding tert-OH is 1. The highest BCUT2D eigenvalue weighted by Crippen LogP contribution is 2.28. The second-order valence-corrected chi connectivity index (χ2v) is 7.70. The first-order chi connectivity index (χ1) is 14.5. The van der Waals surface area contributed by atoms with E-state index in [9.17, 15) is 19.5 Å². The third-order valence-electron chi connectivity index (χ3n) is 5.54. The van der Waals surface area contributed by atoms with Gasteiger partial charge in [-0.25, -0.2) is 4.79 Å². The first kappa shape index (κ1) is 23.8. The minimum atomic E-state index is -1.17. The zero-order chi connectivity index (χ0) is 21.9. The van der Waals surface area contributed by atoms with Crippen LogP contribution in [0.2, 0.25) is 0 Å². The third kappa shape index (κ3) is 7.11. The molecule has 1 fully saturated rings. The van der Waals surface area contributed by atoms with Gasteiger partial charge in [0.15, 0.2) is 6.04 Å². The molecular weight excluding hydrogens is 386 g/mol. The van der Waals surface area contributed by atoms with Crippen LogP contribution in [0.5, 0.6) is 0 Å². The van der Waals surface area contributed by atoms with Crippen molar-refractivity contribution in [3.05, 3.63) is 35.9 Å². The zero-order valence-electron chi connectivity index (χ0n) is 17.5. The van der Waals surface area contributed by atoms with E-state index >= 15 is 0 Å². The summed E-state index contributed by atoms with van der Waals surface area (Å²) >= 11 is 0. The second-order valence-electron chi connectivity index (χ2n) is 7.70. The Morgan fingerprint density at radius 3 is 2.33 bits per heavy atom. The Morgan fingerprint density at radius 1 is 1.10 bits per heavy atom. The van der Waals surface area contributed by atoms with Crippen LogP contribution in [0.4, 0.5) is 0 Å². The lowest BCUT2D eigenvalue weighted by Crippen LogP contribution is -2.54. The van der Waals surface area contributed by atoms with Crippen LogP contribution in [-0.4, -0.2) is 54.7 Å². The molecule has 0 unspecified atom stereocenters. The summed E-state index contributed by atoms with van der Waals surface area (Å²) in [6.45, 7) is 1.83. The maximum atomic E-state index is 12.9. The molecule has 30 heavy (non-hydrogen) atoms. The molecule has 1 aliphatic rings. The highest BCUT2D eigenvalue weighted by atomic mass is 16.5. The number of carbonyl (C=O) groups is 3. The number of hydrogen-bond acceptors (Lipinski definition) is 6. The normalized spacial score (nSPS) is 20.6. The van der Waals surface area contributed by atoms with Gasteiger partial charge in [0.05, 0.1) is 13.2 Å². The number of benzene rings is 1. The molecule has 2 amide bonds. The fourth-order valence-corrected chi connectivity index (χ4v) is 3.70. The molecule has 1 saturated carbocycles. The molecule has 1 aliphatic carbocycles. The molecule has 0 bridgehead atoms. The van der Waals surface area contributed by atoms with Gasteiger partial charge in [0.25, 0.3) is 0 Å². The van der Waals surface area contributed by atoms with E-state index in [1.807, 2.05) is 30.3 Å². The minimum absolute atomic E-state index is 0.140. The van der Waals surface area contributed by atoms with Crippen molar-refractivity contribution in [3.8, 4) is 0 Å². The Hall–Kier alpha value is -2.45. The smallest absolute Gasteiger partial charge is 0.331 e. The number of aliphatic hydroxyl groups is 1. The Labute approximate surface area is 177 Å². The second kappa shape index (κ2) is 12.3. The van der Waals surface area contributed by atoms with Crippen LogP contribution in [-0.2, 0) is 25.5 Å². The topological polar surface area (TPSA) is 131 Å². The molecule has 0 aromatic heterocycles. The number of hydrogen-bond donors (Lipinski definition) is 4. The molecule has 0 aliphatic heterocycles. The van der Waals surface area contributed by atoms with E-state index in [-0.39, 0.29) is 24.9 Å². The summed E-state index contributed by atoms with van der Waals surface area (Å²) in [6.07, 6.45) is 3.57. The minimum Gasteiger partial charge on any atom is -0.464 e. The average Bonchev–Trinajstić information content (AvgIpc) is 2.77.